The second-order valence-electron chi connectivity index (χ2n) is 7.66. The van der Waals surface area contributed by atoms with Crippen LogP contribution in [0.4, 0.5) is 11.5 Å². The van der Waals surface area contributed by atoms with Gasteiger partial charge in [0.05, 0.1) is 12.4 Å². The number of H-pyrrole nitrogens is 1. The molecule has 3 N–H and O–H groups in total. The monoisotopic (exact) mass is 404 g/mol. The van der Waals surface area contributed by atoms with E-state index in [-0.39, 0.29) is 16.8 Å². The second-order valence-corrected chi connectivity index (χ2v) is 8.50. The van der Waals surface area contributed by atoms with E-state index in [2.05, 4.69) is 20.6 Å². The highest BCUT2D eigenvalue weighted by Crippen LogP contribution is 2.45. The van der Waals surface area contributed by atoms with Crippen LogP contribution in [0.5, 0.6) is 0 Å². The molecule has 0 bridgehead atoms. The number of ketones is 1. The predicted octanol–water partition coefficient (Wildman–Crippen LogP) is 4.30. The van der Waals surface area contributed by atoms with Crippen molar-refractivity contribution in [2.45, 2.75) is 32.7 Å². The van der Waals surface area contributed by atoms with E-state index in [1.54, 1.807) is 18.2 Å². The molecule has 140 valence electrons. The lowest BCUT2D eigenvalue weighted by molar-refractivity contribution is -0.118. The number of carbonyl (C=O) groups excluding carboxylic acids is 1. The van der Waals surface area contributed by atoms with Gasteiger partial charge in [-0.2, -0.15) is 0 Å². The molecule has 1 atom stereocenters. The number of halogens is 2. The molecule has 1 unspecified atom stereocenters. The van der Waals surface area contributed by atoms with Gasteiger partial charge in [0.25, 0.3) is 5.56 Å². The molecule has 1 aromatic carbocycles. The summed E-state index contributed by atoms with van der Waals surface area (Å²) in [6, 6.07) is 4.63. The summed E-state index contributed by atoms with van der Waals surface area (Å²) in [5.41, 5.74) is 1.78. The van der Waals surface area contributed by atoms with E-state index in [0.29, 0.717) is 45.5 Å². The number of aromatic nitrogens is 2. The first kappa shape index (κ1) is 18.1. The summed E-state index contributed by atoms with van der Waals surface area (Å²) in [7, 11) is 0. The minimum atomic E-state index is -0.531. The molecule has 4 rings (SSSR count). The summed E-state index contributed by atoms with van der Waals surface area (Å²) >= 11 is 12.5. The van der Waals surface area contributed by atoms with Crippen molar-refractivity contribution in [3.63, 3.8) is 0 Å². The van der Waals surface area contributed by atoms with Crippen molar-refractivity contribution in [2.24, 2.45) is 5.41 Å². The number of aromatic amines is 1. The Morgan fingerprint density at radius 1 is 1.19 bits per heavy atom. The van der Waals surface area contributed by atoms with Crippen molar-refractivity contribution in [1.82, 2.24) is 9.97 Å². The highest BCUT2D eigenvalue weighted by Gasteiger charge is 2.39. The zero-order valence-corrected chi connectivity index (χ0v) is 16.3. The van der Waals surface area contributed by atoms with Gasteiger partial charge in [-0.15, -0.1) is 0 Å². The Labute approximate surface area is 166 Å². The molecule has 6 nitrogen and oxygen atoms in total. The quantitative estimate of drug-likeness (QED) is 0.659. The van der Waals surface area contributed by atoms with Gasteiger partial charge < -0.3 is 15.6 Å². The zero-order valence-electron chi connectivity index (χ0n) is 14.8. The molecule has 1 aliphatic carbocycles. The van der Waals surface area contributed by atoms with Crippen LogP contribution in [0.15, 0.2) is 40.6 Å². The Kier molecular flexibility index (Phi) is 4.28. The number of anilines is 2. The van der Waals surface area contributed by atoms with Crippen molar-refractivity contribution in [3.05, 3.63) is 61.8 Å². The lowest BCUT2D eigenvalue weighted by atomic mass is 9.73. The van der Waals surface area contributed by atoms with Crippen LogP contribution < -0.4 is 16.2 Å². The summed E-state index contributed by atoms with van der Waals surface area (Å²) in [5, 5.41) is 7.35. The molecule has 0 amide bonds. The van der Waals surface area contributed by atoms with Gasteiger partial charge in [-0.1, -0.05) is 43.1 Å². The number of rotatable bonds is 1. The first-order chi connectivity index (χ1) is 12.7. The van der Waals surface area contributed by atoms with Gasteiger partial charge in [0.1, 0.15) is 5.69 Å². The Morgan fingerprint density at radius 2 is 1.96 bits per heavy atom. The molecule has 1 aliphatic heterocycles. The van der Waals surface area contributed by atoms with Crippen LogP contribution in [0, 0.1) is 5.41 Å². The number of nitrogens with one attached hydrogen (secondary N) is 3. The number of carbonyl (C=O) groups is 1. The van der Waals surface area contributed by atoms with Crippen molar-refractivity contribution in [2.75, 3.05) is 10.6 Å². The van der Waals surface area contributed by atoms with E-state index in [0.717, 1.165) is 5.70 Å². The molecule has 0 saturated heterocycles. The minimum Gasteiger partial charge on any atom is -0.357 e. The van der Waals surface area contributed by atoms with E-state index >= 15 is 0 Å². The summed E-state index contributed by atoms with van der Waals surface area (Å²) in [6.07, 6.45) is 2.37. The van der Waals surface area contributed by atoms with E-state index in [1.165, 1.54) is 6.33 Å². The maximum absolute atomic E-state index is 13.1. The van der Waals surface area contributed by atoms with E-state index in [9.17, 15) is 9.59 Å². The molecule has 2 aliphatic rings. The highest BCUT2D eigenvalue weighted by molar-refractivity contribution is 6.35. The third-order valence-electron chi connectivity index (χ3n) is 4.89. The van der Waals surface area contributed by atoms with Gasteiger partial charge >= 0.3 is 0 Å². The largest absolute Gasteiger partial charge is 0.357 e. The van der Waals surface area contributed by atoms with Crippen molar-refractivity contribution < 1.29 is 4.79 Å². The van der Waals surface area contributed by atoms with Crippen molar-refractivity contribution >= 4 is 40.5 Å². The summed E-state index contributed by atoms with van der Waals surface area (Å²) in [4.78, 5) is 32.2. The Balaban J connectivity index is 1.95. The number of hydrogen-bond donors (Lipinski definition) is 3. The van der Waals surface area contributed by atoms with Crippen molar-refractivity contribution in [3.8, 4) is 0 Å². The molecule has 8 heteroatoms. The fraction of sp³-hybridized carbons (Fsp3) is 0.316. The molecule has 0 fully saturated rings. The number of hydrogen-bond acceptors (Lipinski definition) is 5. The molecule has 0 radical (unpaired) electrons. The molecule has 27 heavy (non-hydrogen) atoms. The molecule has 0 spiro atoms. The first-order valence-electron chi connectivity index (χ1n) is 8.57. The number of allylic oxidation sites excluding steroid dienone is 1. The first-order valence-corrected chi connectivity index (χ1v) is 9.33. The topological polar surface area (TPSA) is 86.9 Å². The number of benzene rings is 1. The van der Waals surface area contributed by atoms with Crippen LogP contribution in [0.3, 0.4) is 0 Å². The van der Waals surface area contributed by atoms with Crippen LogP contribution >= 0.6 is 23.2 Å². The number of fused-ring (bicyclic) bond motifs is 1. The van der Waals surface area contributed by atoms with Crippen LogP contribution in [-0.4, -0.2) is 15.8 Å². The highest BCUT2D eigenvalue weighted by atomic mass is 35.5. The smallest absolute Gasteiger partial charge is 0.276 e. The maximum atomic E-state index is 13.1. The molecular weight excluding hydrogens is 387 g/mol. The van der Waals surface area contributed by atoms with Gasteiger partial charge in [-0.25, -0.2) is 4.98 Å². The fourth-order valence-corrected chi connectivity index (χ4v) is 4.25. The van der Waals surface area contributed by atoms with Gasteiger partial charge in [0.15, 0.2) is 11.6 Å². The van der Waals surface area contributed by atoms with E-state index < -0.39 is 6.04 Å². The normalized spacial score (nSPS) is 20.9. The molecule has 0 saturated carbocycles. The Hall–Kier alpha value is -2.31. The second kappa shape index (κ2) is 6.39. The molecular formula is C19H18Cl2N4O2. The lowest BCUT2D eigenvalue weighted by Crippen LogP contribution is -2.31. The average molecular weight is 405 g/mol. The fourth-order valence-electron chi connectivity index (χ4n) is 3.73. The number of Topliss-reactive ketones (excluding diaryl/α,β-unsaturated/α-hetero) is 1. The lowest BCUT2D eigenvalue weighted by Gasteiger charge is -2.34. The predicted molar refractivity (Wildman–Crippen MR) is 106 cm³/mol. The minimum absolute atomic E-state index is 0.0153. The van der Waals surface area contributed by atoms with Gasteiger partial charge in [-0.05, 0) is 29.5 Å². The summed E-state index contributed by atoms with van der Waals surface area (Å²) in [5.74, 6) is 0.385. The van der Waals surface area contributed by atoms with Crippen LogP contribution in [-0.2, 0) is 4.79 Å². The zero-order chi connectivity index (χ0) is 19.3. The van der Waals surface area contributed by atoms with Crippen molar-refractivity contribution in [1.29, 1.82) is 0 Å². The Bertz CT molecular complexity index is 1040. The molecule has 1 aromatic heterocycles. The van der Waals surface area contributed by atoms with Crippen LogP contribution in [0.25, 0.3) is 0 Å². The summed E-state index contributed by atoms with van der Waals surface area (Å²) in [6.45, 7) is 4.07. The average Bonchev–Trinajstić information content (AvgIpc) is 2.71. The van der Waals surface area contributed by atoms with Crippen LogP contribution in [0.2, 0.25) is 10.0 Å². The third-order valence-corrected chi connectivity index (χ3v) is 5.45. The van der Waals surface area contributed by atoms with E-state index in [4.69, 9.17) is 23.2 Å². The molecule has 2 aromatic rings. The van der Waals surface area contributed by atoms with Crippen LogP contribution in [0.1, 0.15) is 38.3 Å². The third kappa shape index (κ3) is 3.24. The standard InChI is InChI=1S/C19H18Cl2N4O2/c1-19(2)6-12-14(13(26)7-19)15(10-4-3-9(20)5-11(10)21)25-17-16(24-12)18(27)23-8-22-17/h3-5,8,15,24H,6-7H2,1-2H3,(H2,22,23,25,27). The Morgan fingerprint density at radius 3 is 2.70 bits per heavy atom. The molecule has 2 heterocycles. The maximum Gasteiger partial charge on any atom is 0.276 e. The van der Waals surface area contributed by atoms with Gasteiger partial charge in [-0.3, -0.25) is 9.59 Å². The van der Waals surface area contributed by atoms with Gasteiger partial charge in [0, 0.05) is 27.7 Å². The van der Waals surface area contributed by atoms with E-state index in [1.807, 2.05) is 13.8 Å². The van der Waals surface area contributed by atoms with Gasteiger partial charge in [0.2, 0.25) is 0 Å². The SMILES string of the molecule is CC1(C)CC(=O)C2=C(C1)Nc1c(nc[nH]c1=O)NC2c1ccc(Cl)cc1Cl. The summed E-state index contributed by atoms with van der Waals surface area (Å²) < 4.78 is 0. The number of nitrogens with zero attached hydrogens (tertiary/aromatic N) is 1.